The smallest absolute Gasteiger partial charge is 0.124 e. The molecule has 4 heteroatoms. The topological polar surface area (TPSA) is 57.0 Å². The molecule has 0 aromatic carbocycles. The van der Waals surface area contributed by atoms with E-state index in [-0.39, 0.29) is 0 Å². The summed E-state index contributed by atoms with van der Waals surface area (Å²) >= 11 is 1.64. The Morgan fingerprint density at radius 2 is 2.30 bits per heavy atom. The highest BCUT2D eigenvalue weighted by Gasteiger charge is 2.02. The van der Waals surface area contributed by atoms with Crippen molar-refractivity contribution < 1.29 is 0 Å². The van der Waals surface area contributed by atoms with Crippen LogP contribution in [0.4, 0.5) is 5.82 Å². The van der Waals surface area contributed by atoms with Crippen LogP contribution in [0.5, 0.6) is 0 Å². The fourth-order valence-electron chi connectivity index (χ4n) is 0.964. The van der Waals surface area contributed by atoms with Crippen molar-refractivity contribution >= 4 is 27.4 Å². The summed E-state index contributed by atoms with van der Waals surface area (Å²) in [6.07, 6.45) is 0. The van der Waals surface area contributed by atoms with E-state index in [1.807, 2.05) is 17.5 Å². The number of hydrogen-bond donors (Lipinski definition) is 2. The van der Waals surface area contributed by atoms with Crippen LogP contribution in [0.15, 0.2) is 17.5 Å². The monoisotopic (exact) mass is 153 g/mol. The molecule has 52 valence electrons. The molecule has 4 N–H and O–H groups in total. The van der Waals surface area contributed by atoms with Crippen LogP contribution < -0.4 is 11.6 Å². The van der Waals surface area contributed by atoms with E-state index >= 15 is 0 Å². The second-order valence-corrected chi connectivity index (χ2v) is 3.06. The van der Waals surface area contributed by atoms with Gasteiger partial charge in [0.1, 0.15) is 5.82 Å². The molecule has 0 atom stereocenters. The lowest BCUT2D eigenvalue weighted by atomic mass is 10.5. The maximum Gasteiger partial charge on any atom is 0.124 e. The Hall–Kier alpha value is -1.16. The van der Waals surface area contributed by atoms with Crippen molar-refractivity contribution in [2.45, 2.75) is 0 Å². The highest BCUT2D eigenvalue weighted by Crippen LogP contribution is 2.23. The van der Waals surface area contributed by atoms with Gasteiger partial charge in [0.15, 0.2) is 0 Å². The zero-order chi connectivity index (χ0) is 7.14. The van der Waals surface area contributed by atoms with Gasteiger partial charge in [-0.05, 0) is 17.5 Å². The van der Waals surface area contributed by atoms with Gasteiger partial charge in [-0.3, -0.25) is 0 Å². The van der Waals surface area contributed by atoms with E-state index in [0.29, 0.717) is 5.82 Å². The number of nitrogens with two attached hydrogens (primary N) is 2. The fraction of sp³-hybridized carbons (Fsp3) is 0. The normalized spacial score (nSPS) is 10.8. The van der Waals surface area contributed by atoms with Crippen LogP contribution >= 0.6 is 11.3 Å². The molecule has 0 fully saturated rings. The molecular weight excluding hydrogens is 146 g/mol. The molecule has 0 saturated heterocycles. The SMILES string of the molecule is Nc1cc2sccc2n1N. The molecule has 0 bridgehead atoms. The van der Waals surface area contributed by atoms with Crippen LogP contribution in [-0.2, 0) is 0 Å². The summed E-state index contributed by atoms with van der Waals surface area (Å²) < 4.78 is 2.63. The maximum atomic E-state index is 5.58. The lowest BCUT2D eigenvalue weighted by Gasteiger charge is -1.93. The Morgan fingerprint density at radius 1 is 1.50 bits per heavy atom. The van der Waals surface area contributed by atoms with Gasteiger partial charge in [-0.25, -0.2) is 4.68 Å². The standard InChI is InChI=1S/C6H7N3S/c7-6-3-5-4(9(6)8)1-2-10-5/h1-3H,7-8H2. The molecule has 0 aliphatic heterocycles. The number of nitrogen functional groups attached to an aromatic ring is 2. The maximum absolute atomic E-state index is 5.58. The number of anilines is 1. The van der Waals surface area contributed by atoms with E-state index in [1.54, 1.807) is 11.3 Å². The van der Waals surface area contributed by atoms with Crippen molar-refractivity contribution in [1.82, 2.24) is 4.68 Å². The number of fused-ring (bicyclic) bond motifs is 1. The fourth-order valence-corrected chi connectivity index (χ4v) is 1.78. The number of rotatable bonds is 0. The second kappa shape index (κ2) is 1.67. The highest BCUT2D eigenvalue weighted by atomic mass is 32.1. The molecule has 0 saturated carbocycles. The molecule has 2 heterocycles. The van der Waals surface area contributed by atoms with E-state index in [0.717, 1.165) is 10.2 Å². The lowest BCUT2D eigenvalue weighted by Crippen LogP contribution is -2.10. The summed E-state index contributed by atoms with van der Waals surface area (Å²) in [7, 11) is 0. The zero-order valence-corrected chi connectivity index (χ0v) is 6.06. The Morgan fingerprint density at radius 3 is 3.00 bits per heavy atom. The van der Waals surface area contributed by atoms with Gasteiger partial charge in [-0.1, -0.05) is 0 Å². The van der Waals surface area contributed by atoms with Gasteiger partial charge in [0.25, 0.3) is 0 Å². The number of nitrogens with zero attached hydrogens (tertiary/aromatic N) is 1. The molecule has 3 nitrogen and oxygen atoms in total. The van der Waals surface area contributed by atoms with Crippen molar-refractivity contribution in [3.8, 4) is 0 Å². The van der Waals surface area contributed by atoms with Gasteiger partial charge in [-0.15, -0.1) is 11.3 Å². The molecule has 0 aliphatic rings. The third-order valence-electron chi connectivity index (χ3n) is 1.49. The van der Waals surface area contributed by atoms with Crippen molar-refractivity contribution in [3.05, 3.63) is 17.5 Å². The number of aromatic nitrogens is 1. The average Bonchev–Trinajstić information content (AvgIpc) is 2.41. The summed E-state index contributed by atoms with van der Waals surface area (Å²) in [6.45, 7) is 0. The van der Waals surface area contributed by atoms with Crippen LogP contribution in [0.1, 0.15) is 0 Å². The summed E-state index contributed by atoms with van der Waals surface area (Å²) in [4.78, 5) is 0. The van der Waals surface area contributed by atoms with Crippen LogP contribution in [-0.4, -0.2) is 4.68 Å². The third-order valence-corrected chi connectivity index (χ3v) is 2.34. The molecule has 2 aromatic rings. The van der Waals surface area contributed by atoms with Crippen molar-refractivity contribution in [3.63, 3.8) is 0 Å². The van der Waals surface area contributed by atoms with Gasteiger partial charge in [0, 0.05) is 0 Å². The summed E-state index contributed by atoms with van der Waals surface area (Å²) in [5, 5.41) is 1.99. The molecule has 0 radical (unpaired) electrons. The first-order valence-electron chi connectivity index (χ1n) is 2.88. The average molecular weight is 153 g/mol. The molecule has 0 aliphatic carbocycles. The Kier molecular flexibility index (Phi) is 0.935. The number of thiophene rings is 1. The molecule has 0 unspecified atom stereocenters. The van der Waals surface area contributed by atoms with Gasteiger partial charge >= 0.3 is 0 Å². The quantitative estimate of drug-likeness (QED) is 0.555. The molecule has 2 aromatic heterocycles. The Bertz CT molecular complexity index is 360. The Labute approximate surface area is 61.8 Å². The van der Waals surface area contributed by atoms with Gasteiger partial charge in [-0.2, -0.15) is 0 Å². The predicted octanol–water partition coefficient (Wildman–Crippen LogP) is 0.999. The predicted molar refractivity (Wildman–Crippen MR) is 44.4 cm³/mol. The zero-order valence-electron chi connectivity index (χ0n) is 5.24. The first kappa shape index (κ1) is 5.61. The Balaban J connectivity index is 2.95. The lowest BCUT2D eigenvalue weighted by molar-refractivity contribution is 1.08. The van der Waals surface area contributed by atoms with Crippen LogP contribution in [0.3, 0.4) is 0 Å². The molecule has 0 spiro atoms. The molecule has 0 amide bonds. The van der Waals surface area contributed by atoms with Crippen molar-refractivity contribution in [2.24, 2.45) is 0 Å². The molecule has 10 heavy (non-hydrogen) atoms. The second-order valence-electron chi connectivity index (χ2n) is 2.11. The minimum Gasteiger partial charge on any atom is -0.384 e. The van der Waals surface area contributed by atoms with Crippen LogP contribution in [0.2, 0.25) is 0 Å². The number of hydrogen-bond acceptors (Lipinski definition) is 3. The third kappa shape index (κ3) is 0.537. The minimum absolute atomic E-state index is 0.613. The van der Waals surface area contributed by atoms with Crippen molar-refractivity contribution in [2.75, 3.05) is 11.6 Å². The van der Waals surface area contributed by atoms with E-state index in [2.05, 4.69) is 0 Å². The highest BCUT2D eigenvalue weighted by molar-refractivity contribution is 7.17. The first-order chi connectivity index (χ1) is 4.79. The molecular formula is C6H7N3S. The van der Waals surface area contributed by atoms with E-state index < -0.39 is 0 Å². The van der Waals surface area contributed by atoms with Gasteiger partial charge in [0.05, 0.1) is 10.2 Å². The summed E-state index contributed by atoms with van der Waals surface area (Å²) in [5.74, 6) is 6.19. The summed E-state index contributed by atoms with van der Waals surface area (Å²) in [6, 6.07) is 3.83. The minimum atomic E-state index is 0.613. The van der Waals surface area contributed by atoms with E-state index in [4.69, 9.17) is 11.6 Å². The molecule has 2 rings (SSSR count). The summed E-state index contributed by atoms with van der Waals surface area (Å²) in [5.41, 5.74) is 6.54. The van der Waals surface area contributed by atoms with Gasteiger partial charge in [0.2, 0.25) is 0 Å². The largest absolute Gasteiger partial charge is 0.384 e. The first-order valence-corrected chi connectivity index (χ1v) is 3.76. The van der Waals surface area contributed by atoms with Gasteiger partial charge < -0.3 is 11.6 Å². The van der Waals surface area contributed by atoms with Crippen molar-refractivity contribution in [1.29, 1.82) is 0 Å². The van der Waals surface area contributed by atoms with Crippen LogP contribution in [0.25, 0.3) is 10.2 Å². The van der Waals surface area contributed by atoms with E-state index in [1.165, 1.54) is 4.68 Å². The van der Waals surface area contributed by atoms with Crippen LogP contribution in [0, 0.1) is 0 Å². The van der Waals surface area contributed by atoms with E-state index in [9.17, 15) is 0 Å².